The fraction of sp³-hybridized carbons (Fsp3) is 0.200. The summed E-state index contributed by atoms with van der Waals surface area (Å²) in [6.45, 7) is 1.84. The van der Waals surface area contributed by atoms with Gasteiger partial charge < -0.3 is 15.0 Å². The van der Waals surface area contributed by atoms with Crippen molar-refractivity contribution in [1.29, 1.82) is 5.26 Å². The lowest BCUT2D eigenvalue weighted by Gasteiger charge is -2.17. The number of H-pyrrole nitrogens is 1. The Morgan fingerprint density at radius 2 is 2.07 bits per heavy atom. The van der Waals surface area contributed by atoms with Gasteiger partial charge in [0.2, 0.25) is 0 Å². The topological polar surface area (TPSA) is 108 Å². The number of ether oxygens (including phenoxy) is 1. The maximum Gasteiger partial charge on any atom is 0.328 e. The van der Waals surface area contributed by atoms with Crippen LogP contribution >= 0.6 is 0 Å². The summed E-state index contributed by atoms with van der Waals surface area (Å²) in [6, 6.07) is 9.81. The van der Waals surface area contributed by atoms with Gasteiger partial charge in [-0.2, -0.15) is 5.26 Å². The second-order valence-corrected chi connectivity index (χ2v) is 6.06. The number of hydrogen-bond acceptors (Lipinski definition) is 5. The maximum absolute atomic E-state index is 13.1. The summed E-state index contributed by atoms with van der Waals surface area (Å²) in [5.74, 6) is -1.47. The summed E-state index contributed by atoms with van der Waals surface area (Å²) in [5, 5.41) is 12.2. The highest BCUT2D eigenvalue weighted by atomic mass is 19.1. The normalized spacial score (nSPS) is 11.6. The van der Waals surface area contributed by atoms with Gasteiger partial charge in [0, 0.05) is 11.8 Å². The second-order valence-electron chi connectivity index (χ2n) is 6.06. The number of carbonyl (C=O) groups excluding carboxylic acids is 2. The lowest BCUT2D eigenvalue weighted by Crippen LogP contribution is -2.43. The summed E-state index contributed by atoms with van der Waals surface area (Å²) in [5.41, 5.74) is 1.73. The van der Waals surface area contributed by atoms with Crippen LogP contribution in [0.25, 0.3) is 10.9 Å². The number of nitrogens with one attached hydrogen (secondary N) is 2. The molecule has 142 valence electrons. The number of aromatic nitrogens is 2. The zero-order valence-electron chi connectivity index (χ0n) is 15.0. The number of nitriles is 1. The first-order valence-electron chi connectivity index (χ1n) is 8.61. The van der Waals surface area contributed by atoms with Crippen molar-refractivity contribution in [2.45, 2.75) is 19.4 Å². The van der Waals surface area contributed by atoms with Crippen LogP contribution in [0.4, 0.5) is 4.39 Å². The number of carbonyl (C=O) groups is 2. The number of rotatable bonds is 6. The number of pyridine rings is 1. The Hall–Kier alpha value is -3.73. The average Bonchev–Trinajstić information content (AvgIpc) is 3.12. The van der Waals surface area contributed by atoms with E-state index >= 15 is 0 Å². The standard InChI is InChI=1S/C20H17FN4O3/c1-2-28-20(27)17(7-12-3-5-14(21)6-4-12)25-19(26)16-9-13-8-15(10-22)23-11-18(13)24-16/h3-6,8-9,11,17,24H,2,7H2,1H3,(H,25,26)/t17-/m0/s1. The van der Waals surface area contributed by atoms with Crippen molar-refractivity contribution in [1.82, 2.24) is 15.3 Å². The molecule has 0 unspecified atom stereocenters. The SMILES string of the molecule is CCOC(=O)[C@H](Cc1ccc(F)cc1)NC(=O)c1cc2cc(C#N)ncc2[nH]1. The van der Waals surface area contributed by atoms with E-state index in [1.54, 1.807) is 31.2 Å². The van der Waals surface area contributed by atoms with Gasteiger partial charge in [0.1, 0.15) is 29.3 Å². The van der Waals surface area contributed by atoms with E-state index in [1.165, 1.54) is 18.3 Å². The molecule has 0 saturated heterocycles. The molecule has 3 rings (SSSR count). The Morgan fingerprint density at radius 3 is 2.75 bits per heavy atom. The molecule has 0 spiro atoms. The molecule has 2 heterocycles. The summed E-state index contributed by atoms with van der Waals surface area (Å²) in [6.07, 6.45) is 1.62. The predicted molar refractivity (Wildman–Crippen MR) is 98.8 cm³/mol. The third-order valence-electron chi connectivity index (χ3n) is 4.09. The van der Waals surface area contributed by atoms with Crippen LogP contribution < -0.4 is 5.32 Å². The highest BCUT2D eigenvalue weighted by molar-refractivity contribution is 5.99. The van der Waals surface area contributed by atoms with Crippen molar-refractivity contribution >= 4 is 22.8 Å². The molecule has 0 bridgehead atoms. The molecule has 0 aliphatic heterocycles. The number of hydrogen-bond donors (Lipinski definition) is 2. The Labute approximate surface area is 160 Å². The first-order valence-corrected chi connectivity index (χ1v) is 8.61. The number of amides is 1. The van der Waals surface area contributed by atoms with Crippen molar-refractivity contribution in [3.63, 3.8) is 0 Å². The van der Waals surface area contributed by atoms with Gasteiger partial charge in [-0.25, -0.2) is 14.2 Å². The molecule has 1 aromatic carbocycles. The van der Waals surface area contributed by atoms with Crippen molar-refractivity contribution in [3.8, 4) is 6.07 Å². The number of halogens is 1. The lowest BCUT2D eigenvalue weighted by molar-refractivity contribution is -0.145. The molecule has 0 aliphatic rings. The minimum absolute atomic E-state index is 0.158. The number of fused-ring (bicyclic) bond motifs is 1. The Bertz CT molecular complexity index is 1050. The number of benzene rings is 1. The van der Waals surface area contributed by atoms with Crippen LogP contribution in [0.5, 0.6) is 0 Å². The molecule has 28 heavy (non-hydrogen) atoms. The smallest absolute Gasteiger partial charge is 0.328 e. The fourth-order valence-corrected chi connectivity index (χ4v) is 2.74. The number of aromatic amines is 1. The van der Waals surface area contributed by atoms with Gasteiger partial charge in [0.05, 0.1) is 18.3 Å². The van der Waals surface area contributed by atoms with E-state index in [0.29, 0.717) is 16.5 Å². The Morgan fingerprint density at radius 1 is 1.32 bits per heavy atom. The van der Waals surface area contributed by atoms with Gasteiger partial charge in [-0.15, -0.1) is 0 Å². The lowest BCUT2D eigenvalue weighted by atomic mass is 10.1. The molecule has 0 saturated carbocycles. The minimum Gasteiger partial charge on any atom is -0.464 e. The van der Waals surface area contributed by atoms with Crippen molar-refractivity contribution in [2.75, 3.05) is 6.61 Å². The molecule has 0 radical (unpaired) electrons. The van der Waals surface area contributed by atoms with E-state index in [1.807, 2.05) is 6.07 Å². The van der Waals surface area contributed by atoms with Crippen LogP contribution in [0.15, 0.2) is 42.6 Å². The highest BCUT2D eigenvalue weighted by Gasteiger charge is 2.24. The van der Waals surface area contributed by atoms with E-state index in [2.05, 4.69) is 15.3 Å². The predicted octanol–water partition coefficient (Wildman–Crippen LogP) is 2.48. The van der Waals surface area contributed by atoms with Crippen LogP contribution in [0.3, 0.4) is 0 Å². The molecule has 2 aromatic heterocycles. The van der Waals surface area contributed by atoms with Crippen molar-refractivity contribution in [2.24, 2.45) is 0 Å². The quantitative estimate of drug-likeness (QED) is 0.639. The second kappa shape index (κ2) is 8.31. The fourth-order valence-electron chi connectivity index (χ4n) is 2.74. The van der Waals surface area contributed by atoms with Crippen molar-refractivity contribution < 1.29 is 18.7 Å². The summed E-state index contributed by atoms with van der Waals surface area (Å²) < 4.78 is 18.1. The maximum atomic E-state index is 13.1. The van der Waals surface area contributed by atoms with Gasteiger partial charge in [0.15, 0.2) is 0 Å². The number of esters is 1. The zero-order valence-corrected chi connectivity index (χ0v) is 15.0. The van der Waals surface area contributed by atoms with Gasteiger partial charge in [-0.05, 0) is 36.8 Å². The highest BCUT2D eigenvalue weighted by Crippen LogP contribution is 2.16. The Balaban J connectivity index is 1.81. The molecule has 1 atom stereocenters. The zero-order chi connectivity index (χ0) is 20.1. The van der Waals surface area contributed by atoms with Gasteiger partial charge in [-0.3, -0.25) is 4.79 Å². The Kier molecular flexibility index (Phi) is 5.65. The minimum atomic E-state index is -0.933. The van der Waals surface area contributed by atoms with Gasteiger partial charge in [-0.1, -0.05) is 12.1 Å². The van der Waals surface area contributed by atoms with Crippen LogP contribution in [0.2, 0.25) is 0 Å². The molecule has 0 fully saturated rings. The van der Waals surface area contributed by atoms with E-state index in [-0.39, 0.29) is 30.2 Å². The van der Waals surface area contributed by atoms with Gasteiger partial charge in [0.25, 0.3) is 5.91 Å². The third-order valence-corrected chi connectivity index (χ3v) is 4.09. The van der Waals surface area contributed by atoms with Crippen LogP contribution in [0, 0.1) is 17.1 Å². The largest absolute Gasteiger partial charge is 0.464 e. The molecule has 7 nitrogen and oxygen atoms in total. The molecule has 3 aromatic rings. The molecular formula is C20H17FN4O3. The van der Waals surface area contributed by atoms with Crippen LogP contribution in [0.1, 0.15) is 28.7 Å². The van der Waals surface area contributed by atoms with E-state index < -0.39 is 17.9 Å². The van der Waals surface area contributed by atoms with Crippen molar-refractivity contribution in [3.05, 3.63) is 65.4 Å². The molecule has 2 N–H and O–H groups in total. The molecule has 8 heteroatoms. The summed E-state index contributed by atoms with van der Waals surface area (Å²) in [7, 11) is 0. The first kappa shape index (κ1) is 19.0. The number of nitrogens with zero attached hydrogens (tertiary/aromatic N) is 2. The summed E-state index contributed by atoms with van der Waals surface area (Å²) >= 11 is 0. The molecular weight excluding hydrogens is 363 g/mol. The van der Waals surface area contributed by atoms with Crippen LogP contribution in [-0.2, 0) is 16.0 Å². The summed E-state index contributed by atoms with van der Waals surface area (Å²) in [4.78, 5) is 31.8. The van der Waals surface area contributed by atoms with E-state index in [4.69, 9.17) is 10.00 Å². The van der Waals surface area contributed by atoms with E-state index in [9.17, 15) is 14.0 Å². The monoisotopic (exact) mass is 380 g/mol. The van der Waals surface area contributed by atoms with Crippen LogP contribution in [-0.4, -0.2) is 34.5 Å². The first-order chi connectivity index (χ1) is 13.5. The molecule has 1 amide bonds. The third kappa shape index (κ3) is 4.32. The molecule has 0 aliphatic carbocycles. The van der Waals surface area contributed by atoms with E-state index in [0.717, 1.165) is 0 Å². The average molecular weight is 380 g/mol. The van der Waals surface area contributed by atoms with Gasteiger partial charge >= 0.3 is 5.97 Å².